The molecule has 0 aliphatic heterocycles. The number of guanidine groups is 1. The van der Waals surface area contributed by atoms with E-state index in [1.165, 1.54) is 0 Å². The van der Waals surface area contributed by atoms with Crippen LogP contribution in [0.5, 0.6) is 5.75 Å². The van der Waals surface area contributed by atoms with Crippen LogP contribution in [0.1, 0.15) is 34.8 Å². The summed E-state index contributed by atoms with van der Waals surface area (Å²) >= 11 is 0. The summed E-state index contributed by atoms with van der Waals surface area (Å²) in [4.78, 5) is 16.4. The summed E-state index contributed by atoms with van der Waals surface area (Å²) in [7, 11) is 3.30. The minimum absolute atomic E-state index is 0.0704. The van der Waals surface area contributed by atoms with E-state index >= 15 is 0 Å². The van der Waals surface area contributed by atoms with Crippen LogP contribution in [-0.2, 0) is 17.8 Å². The van der Waals surface area contributed by atoms with Crippen molar-refractivity contribution < 1.29 is 14.3 Å². The van der Waals surface area contributed by atoms with Crippen LogP contribution in [0.3, 0.4) is 0 Å². The zero-order valence-electron chi connectivity index (χ0n) is 18.7. The highest BCUT2D eigenvalue weighted by atomic mass is 16.5. The number of carbonyl (C=O) groups is 1. The fourth-order valence-corrected chi connectivity index (χ4v) is 2.95. The summed E-state index contributed by atoms with van der Waals surface area (Å²) in [5.41, 5.74) is 2.91. The van der Waals surface area contributed by atoms with Crippen molar-refractivity contribution in [3.8, 4) is 5.75 Å². The second-order valence-electron chi connectivity index (χ2n) is 6.97. The highest BCUT2D eigenvalue weighted by molar-refractivity contribution is 5.94. The van der Waals surface area contributed by atoms with E-state index in [9.17, 15) is 4.79 Å². The molecule has 7 heteroatoms. The minimum atomic E-state index is -0.0704. The highest BCUT2D eigenvalue weighted by Crippen LogP contribution is 2.12. The summed E-state index contributed by atoms with van der Waals surface area (Å²) in [5.74, 6) is 1.57. The van der Waals surface area contributed by atoms with Gasteiger partial charge in [0, 0.05) is 38.9 Å². The van der Waals surface area contributed by atoms with Gasteiger partial charge in [-0.15, -0.1) is 0 Å². The van der Waals surface area contributed by atoms with Gasteiger partial charge in [0.2, 0.25) is 0 Å². The fourth-order valence-electron chi connectivity index (χ4n) is 2.95. The molecule has 0 radical (unpaired) electrons. The van der Waals surface area contributed by atoms with Crippen LogP contribution in [0.2, 0.25) is 0 Å². The van der Waals surface area contributed by atoms with E-state index in [1.54, 1.807) is 14.2 Å². The Labute approximate surface area is 185 Å². The zero-order chi connectivity index (χ0) is 22.3. The lowest BCUT2D eigenvalue weighted by Gasteiger charge is -2.12. The zero-order valence-corrected chi connectivity index (χ0v) is 18.7. The second kappa shape index (κ2) is 14.0. The van der Waals surface area contributed by atoms with Crippen LogP contribution in [0, 0.1) is 0 Å². The molecule has 0 saturated carbocycles. The summed E-state index contributed by atoms with van der Waals surface area (Å²) in [6.45, 7) is 5.50. The van der Waals surface area contributed by atoms with Crippen molar-refractivity contribution in [1.82, 2.24) is 16.0 Å². The average molecular weight is 427 g/mol. The van der Waals surface area contributed by atoms with Gasteiger partial charge in [-0.3, -0.25) is 9.79 Å². The Kier molecular flexibility index (Phi) is 11.0. The number of ether oxygens (including phenoxy) is 2. The normalized spacial score (nSPS) is 11.1. The molecule has 2 rings (SSSR count). The van der Waals surface area contributed by atoms with Crippen molar-refractivity contribution in [2.24, 2.45) is 4.99 Å². The Bertz CT molecular complexity index is 822. The number of methoxy groups -OCH3 is 1. The molecular weight excluding hydrogens is 392 g/mol. The molecule has 3 N–H and O–H groups in total. The van der Waals surface area contributed by atoms with Gasteiger partial charge in [-0.05, 0) is 55.2 Å². The molecule has 0 aromatic heterocycles. The summed E-state index contributed by atoms with van der Waals surface area (Å²) < 4.78 is 10.9. The van der Waals surface area contributed by atoms with Crippen LogP contribution >= 0.6 is 0 Å². The number of nitrogens with zero attached hydrogens (tertiary/aromatic N) is 1. The first-order valence-corrected chi connectivity index (χ1v) is 10.7. The third-order valence-electron chi connectivity index (χ3n) is 4.61. The van der Waals surface area contributed by atoms with Crippen molar-refractivity contribution in [2.75, 3.05) is 40.4 Å². The molecule has 2 aromatic carbocycles. The fraction of sp³-hybridized carbons (Fsp3) is 0.417. The molecule has 0 bridgehead atoms. The lowest BCUT2D eigenvalue weighted by molar-refractivity contribution is 0.0963. The first kappa shape index (κ1) is 24.2. The van der Waals surface area contributed by atoms with Crippen molar-refractivity contribution in [3.05, 3.63) is 65.2 Å². The van der Waals surface area contributed by atoms with Crippen LogP contribution in [-0.4, -0.2) is 52.3 Å². The molecule has 0 saturated heterocycles. The van der Waals surface area contributed by atoms with Crippen molar-refractivity contribution >= 4 is 11.9 Å². The maximum Gasteiger partial charge on any atom is 0.251 e. The van der Waals surface area contributed by atoms with Gasteiger partial charge >= 0.3 is 0 Å². The molecule has 0 fully saturated rings. The Morgan fingerprint density at radius 3 is 2.58 bits per heavy atom. The van der Waals surface area contributed by atoms with E-state index < -0.39 is 0 Å². The molecule has 1 amide bonds. The molecule has 168 valence electrons. The second-order valence-corrected chi connectivity index (χ2v) is 6.97. The highest BCUT2D eigenvalue weighted by Gasteiger charge is 2.04. The molecule has 7 nitrogen and oxygen atoms in total. The quantitative estimate of drug-likeness (QED) is 0.276. The summed E-state index contributed by atoms with van der Waals surface area (Å²) in [5, 5.41) is 9.25. The lowest BCUT2D eigenvalue weighted by Crippen LogP contribution is -2.38. The van der Waals surface area contributed by atoms with Crippen molar-refractivity contribution in [3.63, 3.8) is 0 Å². The van der Waals surface area contributed by atoms with E-state index in [0.29, 0.717) is 25.3 Å². The van der Waals surface area contributed by atoms with Gasteiger partial charge < -0.3 is 25.4 Å². The van der Waals surface area contributed by atoms with E-state index in [0.717, 1.165) is 48.8 Å². The third-order valence-corrected chi connectivity index (χ3v) is 4.61. The van der Waals surface area contributed by atoms with Crippen LogP contribution < -0.4 is 20.7 Å². The van der Waals surface area contributed by atoms with Crippen LogP contribution in [0.4, 0.5) is 0 Å². The number of hydrogen-bond donors (Lipinski definition) is 3. The third kappa shape index (κ3) is 9.09. The smallest absolute Gasteiger partial charge is 0.251 e. The van der Waals surface area contributed by atoms with Gasteiger partial charge in [0.15, 0.2) is 5.96 Å². The van der Waals surface area contributed by atoms with Gasteiger partial charge in [0.1, 0.15) is 5.75 Å². The number of benzene rings is 2. The molecule has 0 unspecified atom stereocenters. The molecule has 2 aromatic rings. The summed E-state index contributed by atoms with van der Waals surface area (Å²) in [6.07, 6.45) is 1.65. The predicted octanol–water partition coefficient (Wildman–Crippen LogP) is 2.76. The number of hydrogen-bond acceptors (Lipinski definition) is 4. The van der Waals surface area contributed by atoms with Crippen LogP contribution in [0.15, 0.2) is 53.5 Å². The Balaban J connectivity index is 1.69. The maximum absolute atomic E-state index is 11.8. The first-order chi connectivity index (χ1) is 15.2. The number of aliphatic imine (C=N–C) groups is 1. The number of carbonyl (C=O) groups excluding carboxylic acids is 1. The number of rotatable bonds is 12. The monoisotopic (exact) mass is 426 g/mol. The topological polar surface area (TPSA) is 84.0 Å². The number of nitrogens with one attached hydrogen (secondary N) is 3. The van der Waals surface area contributed by atoms with Gasteiger partial charge in [0.25, 0.3) is 5.91 Å². The molecule has 0 heterocycles. The van der Waals surface area contributed by atoms with Crippen LogP contribution in [0.25, 0.3) is 0 Å². The first-order valence-electron chi connectivity index (χ1n) is 10.7. The van der Waals surface area contributed by atoms with Gasteiger partial charge in [-0.25, -0.2) is 0 Å². The Morgan fingerprint density at radius 1 is 1.06 bits per heavy atom. The average Bonchev–Trinajstić information content (AvgIpc) is 2.81. The molecule has 0 aliphatic carbocycles. The Morgan fingerprint density at radius 2 is 1.87 bits per heavy atom. The van der Waals surface area contributed by atoms with E-state index in [-0.39, 0.29) is 5.91 Å². The lowest BCUT2D eigenvalue weighted by atomic mass is 10.1. The molecule has 31 heavy (non-hydrogen) atoms. The predicted molar refractivity (Wildman–Crippen MR) is 125 cm³/mol. The number of amides is 1. The maximum atomic E-state index is 11.8. The SMILES string of the molecule is CCNC(=NCCCOCc1ccc(OC)cc1)NCCc1cccc(C(=O)NC)c1. The largest absolute Gasteiger partial charge is 0.497 e. The van der Waals surface area contributed by atoms with Gasteiger partial charge in [-0.2, -0.15) is 0 Å². The molecule has 0 aliphatic rings. The van der Waals surface area contributed by atoms with E-state index in [2.05, 4.69) is 20.9 Å². The molecular formula is C24H34N4O3. The standard InChI is InChI=1S/C24H34N4O3/c1-4-26-24(28-15-13-19-7-5-8-21(17-19)23(29)25-2)27-14-6-16-31-18-20-9-11-22(30-3)12-10-20/h5,7-12,17H,4,6,13-16,18H2,1-3H3,(H,25,29)(H2,26,27,28). The molecule has 0 spiro atoms. The van der Waals surface area contributed by atoms with E-state index in [1.807, 2.05) is 55.5 Å². The minimum Gasteiger partial charge on any atom is -0.497 e. The van der Waals surface area contributed by atoms with E-state index in [4.69, 9.17) is 9.47 Å². The van der Waals surface area contributed by atoms with Crippen molar-refractivity contribution in [1.29, 1.82) is 0 Å². The molecule has 0 atom stereocenters. The Hall–Kier alpha value is -3.06. The van der Waals surface area contributed by atoms with Gasteiger partial charge in [-0.1, -0.05) is 24.3 Å². The van der Waals surface area contributed by atoms with Gasteiger partial charge in [0.05, 0.1) is 13.7 Å². The summed E-state index contributed by atoms with van der Waals surface area (Å²) in [6, 6.07) is 15.6. The van der Waals surface area contributed by atoms with Crippen molar-refractivity contribution in [2.45, 2.75) is 26.4 Å².